The van der Waals surface area contributed by atoms with Crippen LogP contribution >= 0.6 is 11.8 Å². The van der Waals surface area contributed by atoms with Gasteiger partial charge in [-0.2, -0.15) is 0 Å². The van der Waals surface area contributed by atoms with E-state index in [-0.39, 0.29) is 17.5 Å². The van der Waals surface area contributed by atoms with Crippen LogP contribution in [0.1, 0.15) is 36.2 Å². The topological polar surface area (TPSA) is 70.0 Å². The van der Waals surface area contributed by atoms with E-state index in [2.05, 4.69) is 4.99 Å². The molecule has 1 aliphatic rings. The molecule has 2 aromatic carbocycles. The summed E-state index contributed by atoms with van der Waals surface area (Å²) >= 11 is 1.34. The molecule has 1 saturated heterocycles. The van der Waals surface area contributed by atoms with E-state index in [1.165, 1.54) is 23.9 Å². The highest BCUT2D eigenvalue weighted by Gasteiger charge is 2.36. The minimum absolute atomic E-state index is 0.0350. The second-order valence-corrected chi connectivity index (χ2v) is 7.21. The van der Waals surface area contributed by atoms with E-state index in [4.69, 9.17) is 5.11 Å². The van der Waals surface area contributed by atoms with Crippen molar-refractivity contribution in [3.63, 3.8) is 0 Å². The van der Waals surface area contributed by atoms with Crippen LogP contribution in [-0.4, -0.2) is 33.1 Å². The summed E-state index contributed by atoms with van der Waals surface area (Å²) in [5.74, 6) is -1.05. The lowest BCUT2D eigenvalue weighted by Gasteiger charge is -2.22. The van der Waals surface area contributed by atoms with Gasteiger partial charge in [0, 0.05) is 6.04 Å². The first-order valence-corrected chi connectivity index (χ1v) is 9.51. The Hall–Kier alpha value is -2.86. The number of nitrogens with zero attached hydrogens (tertiary/aromatic N) is 2. The highest BCUT2D eigenvalue weighted by Crippen LogP contribution is 2.35. The zero-order valence-corrected chi connectivity index (χ0v) is 15.9. The molecule has 0 radical (unpaired) electrons. The molecule has 27 heavy (non-hydrogen) atoms. The van der Waals surface area contributed by atoms with Crippen LogP contribution in [0.15, 0.2) is 64.5 Å². The molecular weight excluding hydrogens is 360 g/mol. The Bertz CT molecular complexity index is 905. The first-order valence-electron chi connectivity index (χ1n) is 8.69. The van der Waals surface area contributed by atoms with Gasteiger partial charge in [0.1, 0.15) is 0 Å². The fourth-order valence-electron chi connectivity index (χ4n) is 2.62. The van der Waals surface area contributed by atoms with E-state index in [0.29, 0.717) is 10.1 Å². The van der Waals surface area contributed by atoms with Crippen molar-refractivity contribution in [2.75, 3.05) is 0 Å². The van der Waals surface area contributed by atoms with Crippen LogP contribution in [0.4, 0.5) is 5.69 Å². The molecule has 0 saturated carbocycles. The van der Waals surface area contributed by atoms with Crippen LogP contribution in [0.5, 0.6) is 0 Å². The largest absolute Gasteiger partial charge is 0.478 e. The molecule has 5 nitrogen and oxygen atoms in total. The summed E-state index contributed by atoms with van der Waals surface area (Å²) in [5, 5.41) is 9.66. The number of para-hydroxylation sites is 1. The van der Waals surface area contributed by atoms with Gasteiger partial charge in [-0.3, -0.25) is 9.69 Å². The highest BCUT2D eigenvalue weighted by molar-refractivity contribution is 8.18. The average molecular weight is 380 g/mol. The number of amidine groups is 1. The molecule has 1 fully saturated rings. The lowest BCUT2D eigenvalue weighted by Crippen LogP contribution is -2.36. The summed E-state index contributed by atoms with van der Waals surface area (Å²) in [6.07, 6.45) is 2.60. The molecule has 0 aliphatic carbocycles. The molecule has 3 rings (SSSR count). The number of hydrogen-bond donors (Lipinski definition) is 1. The van der Waals surface area contributed by atoms with Crippen molar-refractivity contribution >= 4 is 40.6 Å². The normalized spacial score (nSPS) is 18.3. The minimum Gasteiger partial charge on any atom is -0.478 e. The second kappa shape index (κ2) is 8.22. The Morgan fingerprint density at radius 2 is 1.85 bits per heavy atom. The number of carbonyl (C=O) groups excluding carboxylic acids is 1. The van der Waals surface area contributed by atoms with Crippen LogP contribution in [0, 0.1) is 0 Å². The zero-order chi connectivity index (χ0) is 19.4. The molecule has 2 aromatic rings. The van der Waals surface area contributed by atoms with Crippen molar-refractivity contribution in [3.05, 3.63) is 70.6 Å². The fraction of sp³-hybridized carbons (Fsp3) is 0.190. The summed E-state index contributed by atoms with van der Waals surface area (Å²) < 4.78 is 0. The van der Waals surface area contributed by atoms with Crippen LogP contribution in [0.3, 0.4) is 0 Å². The number of benzene rings is 2. The van der Waals surface area contributed by atoms with Gasteiger partial charge in [0.05, 0.1) is 16.2 Å². The predicted molar refractivity (Wildman–Crippen MR) is 109 cm³/mol. The van der Waals surface area contributed by atoms with Crippen molar-refractivity contribution in [1.29, 1.82) is 0 Å². The summed E-state index contributed by atoms with van der Waals surface area (Å²) in [6, 6.07) is 16.0. The minimum atomic E-state index is -0.972. The van der Waals surface area contributed by atoms with E-state index >= 15 is 0 Å². The second-order valence-electron chi connectivity index (χ2n) is 6.20. The molecule has 0 spiro atoms. The number of amides is 1. The molecular formula is C21H20N2O3S. The number of carboxylic acid groups (broad SMARTS) is 1. The Kier molecular flexibility index (Phi) is 5.76. The molecule has 6 heteroatoms. The van der Waals surface area contributed by atoms with Gasteiger partial charge < -0.3 is 5.11 Å². The molecule has 0 aromatic heterocycles. The first kappa shape index (κ1) is 18.9. The van der Waals surface area contributed by atoms with Gasteiger partial charge in [-0.05, 0) is 61.0 Å². The molecule has 1 N–H and O–H groups in total. The van der Waals surface area contributed by atoms with Crippen molar-refractivity contribution in [2.45, 2.75) is 26.3 Å². The number of aromatic carboxylic acids is 1. The molecule has 1 amide bonds. The Balaban J connectivity index is 1.94. The molecule has 1 heterocycles. The summed E-state index contributed by atoms with van der Waals surface area (Å²) in [7, 11) is 0. The average Bonchev–Trinajstić information content (AvgIpc) is 2.97. The maximum Gasteiger partial charge on any atom is 0.335 e. The predicted octanol–water partition coefficient (Wildman–Crippen LogP) is 4.79. The van der Waals surface area contributed by atoms with E-state index < -0.39 is 5.97 Å². The van der Waals surface area contributed by atoms with Crippen molar-refractivity contribution in [2.24, 2.45) is 4.99 Å². The van der Waals surface area contributed by atoms with Gasteiger partial charge in [-0.25, -0.2) is 9.79 Å². The lowest BCUT2D eigenvalue weighted by atomic mass is 10.1. The monoisotopic (exact) mass is 380 g/mol. The van der Waals surface area contributed by atoms with Crippen LogP contribution in [-0.2, 0) is 4.79 Å². The van der Waals surface area contributed by atoms with E-state index in [9.17, 15) is 9.59 Å². The fourth-order valence-corrected chi connectivity index (χ4v) is 3.71. The first-order chi connectivity index (χ1) is 13.0. The lowest BCUT2D eigenvalue weighted by molar-refractivity contribution is -0.123. The Morgan fingerprint density at radius 1 is 1.19 bits per heavy atom. The smallest absolute Gasteiger partial charge is 0.335 e. The van der Waals surface area contributed by atoms with Crippen LogP contribution < -0.4 is 0 Å². The van der Waals surface area contributed by atoms with Gasteiger partial charge >= 0.3 is 5.97 Å². The van der Waals surface area contributed by atoms with Crippen LogP contribution in [0.25, 0.3) is 6.08 Å². The quantitative estimate of drug-likeness (QED) is 0.758. The summed E-state index contributed by atoms with van der Waals surface area (Å²) in [6.45, 7) is 4.04. The van der Waals surface area contributed by atoms with Crippen molar-refractivity contribution in [1.82, 2.24) is 4.90 Å². The number of rotatable bonds is 5. The van der Waals surface area contributed by atoms with Gasteiger partial charge in [0.15, 0.2) is 5.17 Å². The molecule has 0 bridgehead atoms. The number of carbonyl (C=O) groups is 2. The SMILES string of the molecule is CC[C@H](C)N1C(=O)/C(=C/c2ccc(C(=O)O)cc2)SC1=Nc1ccccc1. The van der Waals surface area contributed by atoms with E-state index in [1.54, 1.807) is 23.1 Å². The molecule has 1 aliphatic heterocycles. The van der Waals surface area contributed by atoms with Gasteiger partial charge in [-0.15, -0.1) is 0 Å². The third-order valence-corrected chi connectivity index (χ3v) is 5.29. The zero-order valence-electron chi connectivity index (χ0n) is 15.1. The summed E-state index contributed by atoms with van der Waals surface area (Å²) in [5.41, 5.74) is 1.80. The molecule has 138 valence electrons. The van der Waals surface area contributed by atoms with Crippen molar-refractivity contribution < 1.29 is 14.7 Å². The Morgan fingerprint density at radius 3 is 2.44 bits per heavy atom. The van der Waals surface area contributed by atoms with E-state index in [1.807, 2.05) is 44.2 Å². The third kappa shape index (κ3) is 4.28. The maximum absolute atomic E-state index is 12.9. The third-order valence-electron chi connectivity index (χ3n) is 4.30. The standard InChI is InChI=1S/C21H20N2O3S/c1-3-14(2)23-19(24)18(13-15-9-11-16(12-10-15)20(25)26)27-21(23)22-17-7-5-4-6-8-17/h4-14H,3H2,1-2H3,(H,25,26)/b18-13-,22-21?/t14-/m0/s1. The van der Waals surface area contributed by atoms with E-state index in [0.717, 1.165) is 17.7 Å². The van der Waals surface area contributed by atoms with Gasteiger partial charge in [0.2, 0.25) is 0 Å². The Labute approximate surface area is 162 Å². The van der Waals surface area contributed by atoms with Gasteiger partial charge in [-0.1, -0.05) is 37.3 Å². The maximum atomic E-state index is 12.9. The summed E-state index contributed by atoms with van der Waals surface area (Å²) in [4.78, 5) is 30.9. The van der Waals surface area contributed by atoms with Crippen LogP contribution in [0.2, 0.25) is 0 Å². The highest BCUT2D eigenvalue weighted by atomic mass is 32.2. The van der Waals surface area contributed by atoms with Gasteiger partial charge in [0.25, 0.3) is 5.91 Å². The number of carboxylic acids is 1. The number of aliphatic imine (C=N–C) groups is 1. The number of thioether (sulfide) groups is 1. The molecule has 0 unspecified atom stereocenters. The van der Waals surface area contributed by atoms with Crippen molar-refractivity contribution in [3.8, 4) is 0 Å². The molecule has 1 atom stereocenters. The number of hydrogen-bond acceptors (Lipinski definition) is 4.